The molecular formula is C12H24N2O2. The van der Waals surface area contributed by atoms with Gasteiger partial charge in [0.2, 0.25) is 5.91 Å². The van der Waals surface area contributed by atoms with Gasteiger partial charge in [0.05, 0.1) is 5.92 Å². The van der Waals surface area contributed by atoms with E-state index in [9.17, 15) is 4.79 Å². The van der Waals surface area contributed by atoms with Gasteiger partial charge < -0.3 is 15.7 Å². The lowest BCUT2D eigenvalue weighted by Gasteiger charge is -2.39. The number of amides is 1. The lowest BCUT2D eigenvalue weighted by molar-refractivity contribution is -0.137. The number of hydrogen-bond acceptors (Lipinski definition) is 3. The molecule has 16 heavy (non-hydrogen) atoms. The molecule has 0 heterocycles. The van der Waals surface area contributed by atoms with E-state index in [4.69, 9.17) is 10.8 Å². The largest absolute Gasteiger partial charge is 0.396 e. The summed E-state index contributed by atoms with van der Waals surface area (Å²) < 4.78 is 0. The molecule has 2 atom stereocenters. The highest BCUT2D eigenvalue weighted by Crippen LogP contribution is 2.32. The van der Waals surface area contributed by atoms with Gasteiger partial charge in [-0.05, 0) is 26.2 Å². The fourth-order valence-corrected chi connectivity index (χ4v) is 2.45. The Labute approximate surface area is 97.8 Å². The van der Waals surface area contributed by atoms with Crippen molar-refractivity contribution in [3.63, 3.8) is 0 Å². The van der Waals surface area contributed by atoms with Gasteiger partial charge in [0, 0.05) is 25.7 Å². The minimum absolute atomic E-state index is 0.0510. The maximum Gasteiger partial charge on any atom is 0.227 e. The Kier molecular flexibility index (Phi) is 4.74. The second-order valence-corrected chi connectivity index (χ2v) is 5.14. The van der Waals surface area contributed by atoms with Crippen molar-refractivity contribution in [2.75, 3.05) is 20.2 Å². The number of aliphatic hydroxyl groups excluding tert-OH is 1. The smallest absolute Gasteiger partial charge is 0.227 e. The van der Waals surface area contributed by atoms with E-state index in [1.165, 1.54) is 0 Å². The Morgan fingerprint density at radius 3 is 2.81 bits per heavy atom. The second kappa shape index (κ2) is 5.64. The molecule has 0 aliphatic heterocycles. The number of carbonyl (C=O) groups excluding carboxylic acids is 1. The molecule has 4 heteroatoms. The minimum Gasteiger partial charge on any atom is -0.396 e. The topological polar surface area (TPSA) is 66.6 Å². The number of nitrogens with zero attached hydrogens (tertiary/aromatic N) is 1. The molecule has 0 aromatic rings. The van der Waals surface area contributed by atoms with Crippen molar-refractivity contribution >= 4 is 5.91 Å². The van der Waals surface area contributed by atoms with Crippen molar-refractivity contribution in [1.82, 2.24) is 4.90 Å². The van der Waals surface area contributed by atoms with Crippen LogP contribution in [0.5, 0.6) is 0 Å². The molecule has 1 rings (SSSR count). The number of carbonyl (C=O) groups is 1. The first-order valence-corrected chi connectivity index (χ1v) is 6.14. The molecule has 0 spiro atoms. The SMILES string of the molecule is CN(CCCO)C(=O)C1CCCCC1(C)N. The van der Waals surface area contributed by atoms with E-state index in [1.54, 1.807) is 11.9 Å². The fourth-order valence-electron chi connectivity index (χ4n) is 2.45. The molecule has 0 saturated heterocycles. The summed E-state index contributed by atoms with van der Waals surface area (Å²) in [6, 6.07) is 0. The molecule has 0 aromatic heterocycles. The van der Waals surface area contributed by atoms with Gasteiger partial charge in [0.25, 0.3) is 0 Å². The molecule has 3 N–H and O–H groups in total. The van der Waals surface area contributed by atoms with Crippen LogP contribution in [0, 0.1) is 5.92 Å². The highest BCUT2D eigenvalue weighted by atomic mass is 16.3. The van der Waals surface area contributed by atoms with Crippen LogP contribution in [0.4, 0.5) is 0 Å². The minimum atomic E-state index is -0.358. The normalized spacial score (nSPS) is 30.1. The summed E-state index contributed by atoms with van der Waals surface area (Å²) in [4.78, 5) is 13.9. The molecule has 2 unspecified atom stereocenters. The lowest BCUT2D eigenvalue weighted by atomic mass is 9.74. The molecule has 94 valence electrons. The third-order valence-corrected chi connectivity index (χ3v) is 3.58. The quantitative estimate of drug-likeness (QED) is 0.745. The van der Waals surface area contributed by atoms with Crippen LogP contribution in [0.2, 0.25) is 0 Å². The molecule has 1 fully saturated rings. The molecule has 0 aromatic carbocycles. The van der Waals surface area contributed by atoms with E-state index < -0.39 is 0 Å². The summed E-state index contributed by atoms with van der Waals surface area (Å²) in [6.45, 7) is 2.72. The van der Waals surface area contributed by atoms with E-state index in [1.807, 2.05) is 6.92 Å². The number of rotatable bonds is 4. The van der Waals surface area contributed by atoms with Crippen LogP contribution in [-0.4, -0.2) is 41.7 Å². The third-order valence-electron chi connectivity index (χ3n) is 3.58. The van der Waals surface area contributed by atoms with Crippen molar-refractivity contribution in [2.45, 2.75) is 44.6 Å². The summed E-state index contributed by atoms with van der Waals surface area (Å²) in [5.74, 6) is 0.0862. The standard InChI is InChI=1S/C12H24N2O2/c1-12(13)7-4-3-6-10(12)11(16)14(2)8-5-9-15/h10,15H,3-9,13H2,1-2H3. The van der Waals surface area contributed by atoms with Gasteiger partial charge in [-0.2, -0.15) is 0 Å². The molecule has 1 aliphatic rings. The van der Waals surface area contributed by atoms with Crippen molar-refractivity contribution < 1.29 is 9.90 Å². The summed E-state index contributed by atoms with van der Waals surface area (Å²) in [6.07, 6.45) is 4.68. The van der Waals surface area contributed by atoms with Gasteiger partial charge in [-0.25, -0.2) is 0 Å². The highest BCUT2D eigenvalue weighted by molar-refractivity contribution is 5.80. The Bertz CT molecular complexity index is 241. The zero-order chi connectivity index (χ0) is 12.2. The predicted molar refractivity (Wildman–Crippen MR) is 63.9 cm³/mol. The number of hydrogen-bond donors (Lipinski definition) is 2. The maximum atomic E-state index is 12.2. The average molecular weight is 228 g/mol. The summed E-state index contributed by atoms with van der Waals surface area (Å²) >= 11 is 0. The summed E-state index contributed by atoms with van der Waals surface area (Å²) in [7, 11) is 1.79. The van der Waals surface area contributed by atoms with Gasteiger partial charge in [-0.3, -0.25) is 4.79 Å². The van der Waals surface area contributed by atoms with Crippen molar-refractivity contribution in [3.8, 4) is 0 Å². The predicted octanol–water partition coefficient (Wildman–Crippen LogP) is 0.735. The number of nitrogens with two attached hydrogens (primary N) is 1. The van der Waals surface area contributed by atoms with Crippen LogP contribution in [0.3, 0.4) is 0 Å². The highest BCUT2D eigenvalue weighted by Gasteiger charge is 2.38. The zero-order valence-corrected chi connectivity index (χ0v) is 10.4. The number of aliphatic hydroxyl groups is 1. The average Bonchev–Trinajstić information content (AvgIpc) is 2.24. The van der Waals surface area contributed by atoms with Crippen LogP contribution in [0.15, 0.2) is 0 Å². The fraction of sp³-hybridized carbons (Fsp3) is 0.917. The lowest BCUT2D eigenvalue weighted by Crippen LogP contribution is -2.53. The van der Waals surface area contributed by atoms with E-state index >= 15 is 0 Å². The first-order chi connectivity index (χ1) is 7.49. The van der Waals surface area contributed by atoms with E-state index in [0.29, 0.717) is 13.0 Å². The van der Waals surface area contributed by atoms with E-state index in [0.717, 1.165) is 25.7 Å². The van der Waals surface area contributed by atoms with Gasteiger partial charge in [0.15, 0.2) is 0 Å². The van der Waals surface area contributed by atoms with Gasteiger partial charge in [-0.1, -0.05) is 12.8 Å². The van der Waals surface area contributed by atoms with Crippen molar-refractivity contribution in [3.05, 3.63) is 0 Å². The third kappa shape index (κ3) is 3.19. The van der Waals surface area contributed by atoms with Crippen LogP contribution in [-0.2, 0) is 4.79 Å². The zero-order valence-electron chi connectivity index (χ0n) is 10.4. The monoisotopic (exact) mass is 228 g/mol. The molecular weight excluding hydrogens is 204 g/mol. The van der Waals surface area contributed by atoms with Crippen LogP contribution < -0.4 is 5.73 Å². The molecule has 0 radical (unpaired) electrons. The van der Waals surface area contributed by atoms with Crippen molar-refractivity contribution in [1.29, 1.82) is 0 Å². The Morgan fingerprint density at radius 2 is 2.25 bits per heavy atom. The van der Waals surface area contributed by atoms with Crippen molar-refractivity contribution in [2.24, 2.45) is 11.7 Å². The summed E-state index contributed by atoms with van der Waals surface area (Å²) in [5.41, 5.74) is 5.83. The first-order valence-electron chi connectivity index (χ1n) is 6.14. The molecule has 1 amide bonds. The molecule has 1 aliphatic carbocycles. The second-order valence-electron chi connectivity index (χ2n) is 5.14. The van der Waals surface area contributed by atoms with Gasteiger partial charge in [0.1, 0.15) is 0 Å². The summed E-state index contributed by atoms with van der Waals surface area (Å²) in [5, 5.41) is 8.75. The molecule has 0 bridgehead atoms. The van der Waals surface area contributed by atoms with Gasteiger partial charge in [-0.15, -0.1) is 0 Å². The van der Waals surface area contributed by atoms with Crippen LogP contribution >= 0.6 is 0 Å². The van der Waals surface area contributed by atoms with Crippen LogP contribution in [0.25, 0.3) is 0 Å². The maximum absolute atomic E-state index is 12.2. The molecule has 1 saturated carbocycles. The van der Waals surface area contributed by atoms with E-state index in [-0.39, 0.29) is 24.0 Å². The van der Waals surface area contributed by atoms with Crippen LogP contribution in [0.1, 0.15) is 39.0 Å². The Hall–Kier alpha value is -0.610. The Morgan fingerprint density at radius 1 is 1.56 bits per heavy atom. The first kappa shape index (κ1) is 13.5. The van der Waals surface area contributed by atoms with Gasteiger partial charge >= 0.3 is 0 Å². The van der Waals surface area contributed by atoms with E-state index in [2.05, 4.69) is 0 Å². The Balaban J connectivity index is 2.57. The molecule has 4 nitrogen and oxygen atoms in total.